The number of carbonyl (C=O) groups excluding carboxylic acids is 1. The number of hydrogen-bond donors (Lipinski definition) is 1. The van der Waals surface area contributed by atoms with Crippen LogP contribution in [0.25, 0.3) is 0 Å². The van der Waals surface area contributed by atoms with Crippen LogP contribution in [0, 0.1) is 11.8 Å². The molecule has 0 spiro atoms. The topological polar surface area (TPSA) is 76.4 Å². The Kier molecular flexibility index (Phi) is 4.22. The Labute approximate surface area is 119 Å². The lowest BCUT2D eigenvalue weighted by atomic mass is 10.2. The minimum Gasteiger partial charge on any atom is -0.464 e. The molecule has 1 saturated carbocycles. The van der Waals surface area contributed by atoms with Gasteiger partial charge in [-0.25, -0.2) is 8.42 Å². The van der Waals surface area contributed by atoms with Crippen LogP contribution in [0.4, 0.5) is 0 Å². The Morgan fingerprint density at radius 1 is 1.50 bits per heavy atom. The fourth-order valence-electron chi connectivity index (χ4n) is 2.29. The van der Waals surface area contributed by atoms with Crippen LogP contribution in [0.15, 0.2) is 16.5 Å². The zero-order valence-electron chi connectivity index (χ0n) is 12.0. The maximum absolute atomic E-state index is 11.8. The summed E-state index contributed by atoms with van der Waals surface area (Å²) < 4.78 is 28.0. The highest BCUT2D eigenvalue weighted by atomic mass is 32.2. The van der Waals surface area contributed by atoms with Gasteiger partial charge in [0.05, 0.1) is 12.3 Å². The number of amides is 1. The van der Waals surface area contributed by atoms with Crippen molar-refractivity contribution in [3.63, 3.8) is 0 Å². The molecule has 5 nitrogen and oxygen atoms in total. The standard InChI is InChI=1S/C14H21NO4S/c1-9-6-12(9)13-5-4-11(19-13)7-15-14(16)10(2)8-20(3,17)18/h4-5,9-10,12H,6-8H2,1-3H3,(H,15,16)/t9-,10+,12-/m0/s1. The van der Waals surface area contributed by atoms with E-state index in [1.54, 1.807) is 6.92 Å². The predicted octanol–water partition coefficient (Wildman–Crippen LogP) is 1.70. The summed E-state index contributed by atoms with van der Waals surface area (Å²) in [6, 6.07) is 3.82. The molecule has 0 aromatic carbocycles. The zero-order valence-corrected chi connectivity index (χ0v) is 12.9. The van der Waals surface area contributed by atoms with Crippen molar-refractivity contribution in [1.82, 2.24) is 5.32 Å². The van der Waals surface area contributed by atoms with Crippen LogP contribution >= 0.6 is 0 Å². The Morgan fingerprint density at radius 3 is 2.70 bits per heavy atom. The molecule has 0 saturated heterocycles. The van der Waals surface area contributed by atoms with Crippen molar-refractivity contribution >= 4 is 15.7 Å². The average molecular weight is 299 g/mol. The lowest BCUT2D eigenvalue weighted by Gasteiger charge is -2.10. The maximum atomic E-state index is 11.8. The van der Waals surface area contributed by atoms with Gasteiger partial charge >= 0.3 is 0 Å². The van der Waals surface area contributed by atoms with Crippen LogP contribution in [-0.2, 0) is 21.2 Å². The molecule has 6 heteroatoms. The van der Waals surface area contributed by atoms with Gasteiger partial charge in [0.1, 0.15) is 21.4 Å². The van der Waals surface area contributed by atoms with Gasteiger partial charge in [0.2, 0.25) is 5.91 Å². The quantitative estimate of drug-likeness (QED) is 0.867. The first kappa shape index (κ1) is 15.1. The molecular formula is C14H21NO4S. The maximum Gasteiger partial charge on any atom is 0.224 e. The van der Waals surface area contributed by atoms with Crippen molar-refractivity contribution in [1.29, 1.82) is 0 Å². The number of furan rings is 1. The monoisotopic (exact) mass is 299 g/mol. The Hall–Kier alpha value is -1.30. The largest absolute Gasteiger partial charge is 0.464 e. The van der Waals surface area contributed by atoms with Crippen LogP contribution in [0.2, 0.25) is 0 Å². The van der Waals surface area contributed by atoms with Crippen molar-refractivity contribution < 1.29 is 17.6 Å². The molecule has 1 aromatic heterocycles. The predicted molar refractivity (Wildman–Crippen MR) is 76.0 cm³/mol. The van der Waals surface area contributed by atoms with E-state index >= 15 is 0 Å². The second-order valence-corrected chi connectivity index (χ2v) is 8.02. The summed E-state index contributed by atoms with van der Waals surface area (Å²) in [5, 5.41) is 2.71. The van der Waals surface area contributed by atoms with Gasteiger partial charge in [-0.2, -0.15) is 0 Å². The molecular weight excluding hydrogens is 278 g/mol. The molecule has 0 aliphatic heterocycles. The fraction of sp³-hybridized carbons (Fsp3) is 0.643. The third-order valence-corrected chi connectivity index (χ3v) is 4.70. The van der Waals surface area contributed by atoms with Gasteiger partial charge in [-0.05, 0) is 24.5 Å². The molecule has 1 aliphatic carbocycles. The van der Waals surface area contributed by atoms with E-state index in [1.165, 1.54) is 0 Å². The molecule has 20 heavy (non-hydrogen) atoms. The molecule has 1 N–H and O–H groups in total. The highest BCUT2D eigenvalue weighted by Gasteiger charge is 2.36. The van der Waals surface area contributed by atoms with E-state index in [0.29, 0.717) is 24.1 Å². The number of nitrogens with one attached hydrogen (secondary N) is 1. The summed E-state index contributed by atoms with van der Waals surface area (Å²) in [7, 11) is -3.14. The van der Waals surface area contributed by atoms with Gasteiger partial charge < -0.3 is 9.73 Å². The van der Waals surface area contributed by atoms with Gasteiger partial charge in [0, 0.05) is 18.1 Å². The summed E-state index contributed by atoms with van der Waals surface area (Å²) in [5.74, 6) is 1.92. The SMILES string of the molecule is C[C@H](CS(C)(=O)=O)C(=O)NCc1ccc([C@H]2C[C@@H]2C)o1. The second-order valence-electron chi connectivity index (χ2n) is 5.83. The third-order valence-electron chi connectivity index (χ3n) is 3.59. The molecule has 1 aliphatic rings. The molecule has 3 atom stereocenters. The lowest BCUT2D eigenvalue weighted by molar-refractivity contribution is -0.124. The molecule has 112 valence electrons. The van der Waals surface area contributed by atoms with E-state index in [9.17, 15) is 13.2 Å². The van der Waals surface area contributed by atoms with E-state index in [4.69, 9.17) is 4.42 Å². The van der Waals surface area contributed by atoms with Crippen molar-refractivity contribution in [2.45, 2.75) is 32.7 Å². The van der Waals surface area contributed by atoms with Crippen LogP contribution in [0.5, 0.6) is 0 Å². The molecule has 2 rings (SSSR count). The van der Waals surface area contributed by atoms with Crippen LogP contribution in [0.1, 0.15) is 37.7 Å². The normalized spacial score (nSPS) is 23.4. The minimum atomic E-state index is -3.14. The fourth-order valence-corrected chi connectivity index (χ4v) is 3.35. The van der Waals surface area contributed by atoms with Crippen molar-refractivity contribution in [2.75, 3.05) is 12.0 Å². The first-order valence-corrected chi connectivity index (χ1v) is 8.86. The van der Waals surface area contributed by atoms with Gasteiger partial charge in [0.25, 0.3) is 0 Å². The van der Waals surface area contributed by atoms with Crippen LogP contribution < -0.4 is 5.32 Å². The van der Waals surface area contributed by atoms with Crippen molar-refractivity contribution in [3.05, 3.63) is 23.7 Å². The number of hydrogen-bond acceptors (Lipinski definition) is 4. The number of rotatable bonds is 6. The lowest BCUT2D eigenvalue weighted by Crippen LogP contribution is -2.32. The summed E-state index contributed by atoms with van der Waals surface area (Å²) in [6.07, 6.45) is 2.29. The van der Waals surface area contributed by atoms with Crippen molar-refractivity contribution in [3.8, 4) is 0 Å². The van der Waals surface area contributed by atoms with Gasteiger partial charge in [0.15, 0.2) is 0 Å². The molecule has 0 radical (unpaired) electrons. The summed E-state index contributed by atoms with van der Waals surface area (Å²) in [6.45, 7) is 4.09. The van der Waals surface area contributed by atoms with Crippen molar-refractivity contribution in [2.24, 2.45) is 11.8 Å². The summed E-state index contributed by atoms with van der Waals surface area (Å²) in [4.78, 5) is 11.8. The van der Waals surface area contributed by atoms with E-state index in [2.05, 4.69) is 12.2 Å². The molecule has 1 fully saturated rings. The minimum absolute atomic E-state index is 0.137. The number of sulfone groups is 1. The van der Waals surface area contributed by atoms with Gasteiger partial charge in [-0.3, -0.25) is 4.79 Å². The second kappa shape index (κ2) is 5.60. The highest BCUT2D eigenvalue weighted by molar-refractivity contribution is 7.90. The number of carbonyl (C=O) groups is 1. The smallest absolute Gasteiger partial charge is 0.224 e. The van der Waals surface area contributed by atoms with Crippen LogP contribution in [-0.4, -0.2) is 26.3 Å². The molecule has 0 bridgehead atoms. The Balaban J connectivity index is 1.82. The molecule has 1 heterocycles. The molecule has 1 aromatic rings. The van der Waals surface area contributed by atoms with E-state index in [-0.39, 0.29) is 11.7 Å². The third kappa shape index (κ3) is 4.10. The van der Waals surface area contributed by atoms with Crippen LogP contribution in [0.3, 0.4) is 0 Å². The first-order valence-electron chi connectivity index (χ1n) is 6.80. The van der Waals surface area contributed by atoms with E-state index in [0.717, 1.165) is 18.4 Å². The molecule has 1 amide bonds. The Bertz CT molecular complexity index is 590. The Morgan fingerprint density at radius 2 is 2.15 bits per heavy atom. The van der Waals surface area contributed by atoms with E-state index in [1.807, 2.05) is 12.1 Å². The van der Waals surface area contributed by atoms with E-state index < -0.39 is 15.8 Å². The summed E-state index contributed by atoms with van der Waals surface area (Å²) >= 11 is 0. The molecule has 0 unspecified atom stereocenters. The average Bonchev–Trinajstić information content (AvgIpc) is 2.88. The summed E-state index contributed by atoms with van der Waals surface area (Å²) in [5.41, 5.74) is 0. The van der Waals surface area contributed by atoms with Gasteiger partial charge in [-0.1, -0.05) is 13.8 Å². The van der Waals surface area contributed by atoms with Gasteiger partial charge in [-0.15, -0.1) is 0 Å². The zero-order chi connectivity index (χ0) is 14.9. The first-order chi connectivity index (χ1) is 9.26. The highest BCUT2D eigenvalue weighted by Crippen LogP contribution is 2.47.